The Bertz CT molecular complexity index is 495. The molecule has 1 fully saturated rings. The van der Waals surface area contributed by atoms with E-state index in [4.69, 9.17) is 4.18 Å². The minimum atomic E-state index is -3.57. The van der Waals surface area contributed by atoms with Crippen LogP contribution in [0.1, 0.15) is 84.0 Å². The first-order chi connectivity index (χ1) is 11.7. The van der Waals surface area contributed by atoms with Crippen molar-refractivity contribution in [2.24, 2.45) is 0 Å². The molecule has 3 nitrogen and oxygen atoms in total. The highest BCUT2D eigenvalue weighted by Gasteiger charge is 2.13. The second-order valence-corrected chi connectivity index (χ2v) is 8.09. The van der Waals surface area contributed by atoms with E-state index in [1.807, 2.05) is 0 Å². The summed E-state index contributed by atoms with van der Waals surface area (Å²) in [6, 6.07) is 8.31. The first-order valence-corrected chi connectivity index (χ1v) is 11.0. The second kappa shape index (κ2) is 15.8. The molecule has 1 atom stereocenters. The Morgan fingerprint density at radius 2 is 1.28 bits per heavy atom. The average Bonchev–Trinajstić information content (AvgIpc) is 2.52. The molecule has 0 radical (unpaired) electrons. The van der Waals surface area contributed by atoms with Gasteiger partial charge in [-0.1, -0.05) is 95.8 Å². The van der Waals surface area contributed by atoms with E-state index in [0.717, 1.165) is 12.8 Å². The van der Waals surface area contributed by atoms with E-state index in [2.05, 4.69) is 6.92 Å². The molecule has 1 unspecified atom stereocenters. The molecule has 1 aromatic carbocycles. The molecular weight excluding hydrogens is 351 g/mol. The Morgan fingerprint density at radius 1 is 0.800 bits per heavy atom. The Morgan fingerprint density at radius 3 is 1.76 bits per heavy atom. The molecule has 0 aliphatic heterocycles. The van der Waals surface area contributed by atoms with Crippen LogP contribution in [-0.2, 0) is 14.3 Å². The average molecular weight is 389 g/mol. The van der Waals surface area contributed by atoms with Crippen molar-refractivity contribution in [2.45, 2.75) is 88.9 Å². The van der Waals surface area contributed by atoms with Gasteiger partial charge in [0.25, 0.3) is 10.1 Å². The van der Waals surface area contributed by atoms with E-state index < -0.39 is 10.1 Å². The lowest BCUT2D eigenvalue weighted by molar-refractivity contribution is 0.306. The van der Waals surface area contributed by atoms with E-state index in [0.29, 0.717) is 0 Å². The van der Waals surface area contributed by atoms with Crippen LogP contribution >= 0.6 is 9.90 Å². The third kappa shape index (κ3) is 12.5. The topological polar surface area (TPSA) is 43.4 Å². The molecule has 0 bridgehead atoms. The maximum atomic E-state index is 11.8. The maximum Gasteiger partial charge on any atom is 0.296 e. The predicted molar refractivity (Wildman–Crippen MR) is 112 cm³/mol. The van der Waals surface area contributed by atoms with Gasteiger partial charge in [-0.15, -0.1) is 0 Å². The largest absolute Gasteiger partial charge is 0.296 e. The van der Waals surface area contributed by atoms with Gasteiger partial charge < -0.3 is 0 Å². The molecule has 0 aromatic heterocycles. The van der Waals surface area contributed by atoms with Crippen LogP contribution in [0.2, 0.25) is 0 Å². The summed E-state index contributed by atoms with van der Waals surface area (Å²) >= 11 is 0. The summed E-state index contributed by atoms with van der Waals surface area (Å²) in [5.41, 5.74) is 0. The van der Waals surface area contributed by atoms with Crippen LogP contribution in [0, 0.1) is 0 Å². The summed E-state index contributed by atoms with van der Waals surface area (Å²) in [6.07, 6.45) is 15.4. The minimum absolute atomic E-state index is 0. The van der Waals surface area contributed by atoms with Crippen molar-refractivity contribution in [3.63, 3.8) is 0 Å². The predicted octanol–water partition coefficient (Wildman–Crippen LogP) is 6.15. The maximum absolute atomic E-state index is 11.8. The summed E-state index contributed by atoms with van der Waals surface area (Å²) in [7, 11) is -3.57. The molecular formula is C20H37O3PS. The van der Waals surface area contributed by atoms with E-state index in [1.54, 1.807) is 30.3 Å². The number of hydrogen-bond donors (Lipinski definition) is 0. The second-order valence-electron chi connectivity index (χ2n) is 6.48. The Balaban J connectivity index is 0.00000101. The monoisotopic (exact) mass is 388 g/mol. The van der Waals surface area contributed by atoms with Gasteiger partial charge in [0.2, 0.25) is 0 Å². The summed E-state index contributed by atoms with van der Waals surface area (Å²) in [4.78, 5) is 0.236. The first-order valence-electron chi connectivity index (χ1n) is 9.61. The van der Waals surface area contributed by atoms with Gasteiger partial charge in [-0.05, 0) is 18.6 Å². The molecule has 1 aliphatic rings. The van der Waals surface area contributed by atoms with Gasteiger partial charge in [0.05, 0.1) is 11.5 Å². The zero-order chi connectivity index (χ0) is 17.5. The fourth-order valence-electron chi connectivity index (χ4n) is 2.31. The van der Waals surface area contributed by atoms with Crippen molar-refractivity contribution in [3.8, 4) is 0 Å². The number of hydrogen-bond acceptors (Lipinski definition) is 3. The molecule has 0 saturated heterocycles. The van der Waals surface area contributed by atoms with Crippen LogP contribution in [0.3, 0.4) is 0 Å². The molecule has 0 N–H and O–H groups in total. The van der Waals surface area contributed by atoms with Crippen molar-refractivity contribution in [3.05, 3.63) is 30.3 Å². The Hall–Kier alpha value is -0.440. The van der Waals surface area contributed by atoms with Crippen molar-refractivity contribution >= 4 is 20.0 Å². The quantitative estimate of drug-likeness (QED) is 0.259. The van der Waals surface area contributed by atoms with Gasteiger partial charge in [-0.3, -0.25) is 4.18 Å². The van der Waals surface area contributed by atoms with Crippen LogP contribution in [-0.4, -0.2) is 15.0 Å². The van der Waals surface area contributed by atoms with Gasteiger partial charge in [0, 0.05) is 0 Å². The molecule has 1 saturated carbocycles. The van der Waals surface area contributed by atoms with Crippen LogP contribution < -0.4 is 0 Å². The lowest BCUT2D eigenvalue weighted by atomic mass is 10.0. The zero-order valence-electron chi connectivity index (χ0n) is 15.9. The smallest absolute Gasteiger partial charge is 0.266 e. The lowest BCUT2D eigenvalue weighted by Crippen LogP contribution is -2.07. The summed E-state index contributed by atoms with van der Waals surface area (Å²) < 4.78 is 28.7. The molecule has 0 amide bonds. The summed E-state index contributed by atoms with van der Waals surface area (Å²) in [5, 5.41) is 0. The molecule has 0 spiro atoms. The molecule has 146 valence electrons. The molecule has 5 heteroatoms. The van der Waals surface area contributed by atoms with E-state index >= 15 is 0 Å². The zero-order valence-corrected chi connectivity index (χ0v) is 18.1. The van der Waals surface area contributed by atoms with Gasteiger partial charge in [-0.2, -0.15) is 18.3 Å². The third-order valence-corrected chi connectivity index (χ3v) is 5.59. The summed E-state index contributed by atoms with van der Waals surface area (Å²) in [6.45, 7) is 2.50. The van der Waals surface area contributed by atoms with Crippen molar-refractivity contribution in [1.82, 2.24) is 0 Å². The SMILES string of the molecule is C1CCC1.CCCCCCCCCCOS(=O)(=O)c1ccccc1.P. The van der Waals surface area contributed by atoms with E-state index in [-0.39, 0.29) is 21.4 Å². The minimum Gasteiger partial charge on any atom is -0.266 e. The van der Waals surface area contributed by atoms with E-state index in [9.17, 15) is 8.42 Å². The van der Waals surface area contributed by atoms with Gasteiger partial charge in [0.15, 0.2) is 0 Å². The molecule has 1 aromatic rings. The van der Waals surface area contributed by atoms with Gasteiger partial charge in [-0.25, -0.2) is 0 Å². The van der Waals surface area contributed by atoms with Crippen LogP contribution in [0.15, 0.2) is 35.2 Å². The Labute approximate surface area is 158 Å². The van der Waals surface area contributed by atoms with Crippen molar-refractivity contribution in [1.29, 1.82) is 0 Å². The lowest BCUT2D eigenvalue weighted by Gasteiger charge is -2.05. The molecule has 1 aliphatic carbocycles. The van der Waals surface area contributed by atoms with Crippen LogP contribution in [0.25, 0.3) is 0 Å². The van der Waals surface area contributed by atoms with Crippen LogP contribution in [0.4, 0.5) is 0 Å². The summed E-state index contributed by atoms with van der Waals surface area (Å²) in [5.74, 6) is 0. The number of benzene rings is 1. The van der Waals surface area contributed by atoms with Crippen LogP contribution in [0.5, 0.6) is 0 Å². The fraction of sp³-hybridized carbons (Fsp3) is 0.700. The standard InChI is InChI=1S/C16H26O3S.C4H8.H3P/c1-2-3-4-5-6-7-8-12-15-19-20(17,18)16-13-10-9-11-14-16;1-2-4-3-1;/h9-11,13-14H,2-8,12,15H2,1H3;1-4H2;1H3. The number of rotatable bonds is 11. The normalized spacial score (nSPS) is 13.2. The van der Waals surface area contributed by atoms with Gasteiger partial charge >= 0.3 is 0 Å². The fourth-order valence-corrected chi connectivity index (χ4v) is 3.27. The Kier molecular flexibility index (Phi) is 15.5. The highest BCUT2D eigenvalue weighted by molar-refractivity contribution is 7.86. The van der Waals surface area contributed by atoms with Crippen molar-refractivity contribution in [2.75, 3.05) is 6.61 Å². The van der Waals surface area contributed by atoms with Gasteiger partial charge in [0.1, 0.15) is 0 Å². The number of unbranched alkanes of at least 4 members (excludes halogenated alkanes) is 7. The van der Waals surface area contributed by atoms with Crippen molar-refractivity contribution < 1.29 is 12.6 Å². The van der Waals surface area contributed by atoms with E-state index in [1.165, 1.54) is 64.2 Å². The molecule has 25 heavy (non-hydrogen) atoms. The first kappa shape index (κ1) is 24.6. The molecule has 2 rings (SSSR count). The third-order valence-electron chi connectivity index (χ3n) is 4.27. The highest BCUT2D eigenvalue weighted by atomic mass is 32.2. The highest BCUT2D eigenvalue weighted by Crippen LogP contribution is 2.15. The molecule has 0 heterocycles.